The van der Waals surface area contributed by atoms with Gasteiger partial charge in [-0.2, -0.15) is 0 Å². The zero-order valence-electron chi connectivity index (χ0n) is 19.0. The summed E-state index contributed by atoms with van der Waals surface area (Å²) in [4.78, 5) is 31.0. The number of carbonyl (C=O) groups excluding carboxylic acids is 1. The van der Waals surface area contributed by atoms with Gasteiger partial charge in [-0.05, 0) is 56.7 Å². The fraction of sp³-hybridized carbons (Fsp3) is 0.423. The number of amides is 1. The number of imidazole rings is 1. The number of aryl methyl sites for hydroxylation is 1. The predicted molar refractivity (Wildman–Crippen MR) is 126 cm³/mol. The van der Waals surface area contributed by atoms with Crippen LogP contribution in [0.5, 0.6) is 0 Å². The standard InChI is InChI=1S/C26H29N3O4/c1-16-8-11-20-21(28(16)26(32)33-2)12-13-22-24(20)27-23(14-17-6-4-3-5-7-17)29(22)19-10-9-18(15-19)25(30)31/h3-7,12-13,16,18-19H,8-11,14-15H2,1-2H3,(H,30,31). The average molecular weight is 448 g/mol. The van der Waals surface area contributed by atoms with Crippen LogP contribution < -0.4 is 4.90 Å². The van der Waals surface area contributed by atoms with Gasteiger partial charge in [0.2, 0.25) is 0 Å². The first-order chi connectivity index (χ1) is 16.0. The molecule has 1 amide bonds. The van der Waals surface area contributed by atoms with Crippen molar-refractivity contribution in [3.63, 3.8) is 0 Å². The van der Waals surface area contributed by atoms with Crippen molar-refractivity contribution in [2.45, 2.75) is 57.5 Å². The van der Waals surface area contributed by atoms with Gasteiger partial charge in [-0.3, -0.25) is 9.69 Å². The van der Waals surface area contributed by atoms with Crippen LogP contribution in [0.15, 0.2) is 42.5 Å². The van der Waals surface area contributed by atoms with Crippen LogP contribution in [0.3, 0.4) is 0 Å². The van der Waals surface area contributed by atoms with Crippen LogP contribution in [0.25, 0.3) is 11.0 Å². The van der Waals surface area contributed by atoms with Gasteiger partial charge in [0.25, 0.3) is 0 Å². The Labute approximate surface area is 193 Å². The third-order valence-electron chi connectivity index (χ3n) is 7.22. The number of rotatable bonds is 4. The van der Waals surface area contributed by atoms with Crippen LogP contribution in [0, 0.1) is 5.92 Å². The molecule has 1 fully saturated rings. The number of hydrogen-bond acceptors (Lipinski definition) is 4. The van der Waals surface area contributed by atoms with E-state index in [1.165, 1.54) is 12.7 Å². The summed E-state index contributed by atoms with van der Waals surface area (Å²) >= 11 is 0. The number of carboxylic acids is 1. The summed E-state index contributed by atoms with van der Waals surface area (Å²) in [6.07, 6.45) is 4.13. The second-order valence-corrected chi connectivity index (χ2v) is 9.22. The van der Waals surface area contributed by atoms with E-state index >= 15 is 0 Å². The van der Waals surface area contributed by atoms with E-state index < -0.39 is 5.97 Å². The van der Waals surface area contributed by atoms with Crippen molar-refractivity contribution < 1.29 is 19.4 Å². The summed E-state index contributed by atoms with van der Waals surface area (Å²) in [7, 11) is 1.41. The molecule has 2 aliphatic rings. The third-order valence-corrected chi connectivity index (χ3v) is 7.22. The summed E-state index contributed by atoms with van der Waals surface area (Å²) in [5.74, 6) is -0.0826. The minimum atomic E-state index is -0.716. The van der Waals surface area contributed by atoms with Crippen molar-refractivity contribution >= 4 is 28.8 Å². The molecule has 1 aromatic heterocycles. The van der Waals surface area contributed by atoms with Gasteiger partial charge in [-0.25, -0.2) is 9.78 Å². The van der Waals surface area contributed by atoms with Gasteiger partial charge < -0.3 is 14.4 Å². The van der Waals surface area contributed by atoms with Crippen LogP contribution in [0.2, 0.25) is 0 Å². The third kappa shape index (κ3) is 3.75. The quantitative estimate of drug-likeness (QED) is 0.611. The highest BCUT2D eigenvalue weighted by Crippen LogP contribution is 2.41. The minimum Gasteiger partial charge on any atom is -0.481 e. The number of aliphatic carboxylic acids is 1. The van der Waals surface area contributed by atoms with Gasteiger partial charge in [0, 0.05) is 24.1 Å². The number of carboxylic acid groups (broad SMARTS) is 1. The number of anilines is 1. The first-order valence-electron chi connectivity index (χ1n) is 11.6. The lowest BCUT2D eigenvalue weighted by atomic mass is 9.95. The second kappa shape index (κ2) is 8.54. The largest absolute Gasteiger partial charge is 0.481 e. The van der Waals surface area contributed by atoms with Gasteiger partial charge in [0.05, 0.1) is 29.7 Å². The van der Waals surface area contributed by atoms with E-state index in [9.17, 15) is 14.7 Å². The lowest BCUT2D eigenvalue weighted by Gasteiger charge is -2.34. The summed E-state index contributed by atoms with van der Waals surface area (Å²) < 4.78 is 7.33. The molecule has 2 heterocycles. The summed E-state index contributed by atoms with van der Waals surface area (Å²) in [6, 6.07) is 14.4. The molecule has 172 valence electrons. The summed E-state index contributed by atoms with van der Waals surface area (Å²) in [5, 5.41) is 9.56. The number of fused-ring (bicyclic) bond motifs is 3. The van der Waals surface area contributed by atoms with E-state index in [1.54, 1.807) is 4.90 Å². The summed E-state index contributed by atoms with van der Waals surface area (Å²) in [5.41, 5.74) is 5.03. The summed E-state index contributed by atoms with van der Waals surface area (Å²) in [6.45, 7) is 2.04. The number of nitrogens with zero attached hydrogens (tertiary/aromatic N) is 3. The molecule has 1 N–H and O–H groups in total. The number of hydrogen-bond donors (Lipinski definition) is 1. The molecule has 0 spiro atoms. The van der Waals surface area contributed by atoms with E-state index in [0.717, 1.165) is 47.4 Å². The molecular formula is C26H29N3O4. The molecule has 7 nitrogen and oxygen atoms in total. The normalized spacial score (nSPS) is 22.4. The van der Waals surface area contributed by atoms with Gasteiger partial charge in [-0.15, -0.1) is 0 Å². The van der Waals surface area contributed by atoms with Crippen molar-refractivity contribution in [3.8, 4) is 0 Å². The highest BCUT2D eigenvalue weighted by atomic mass is 16.5. The molecule has 0 radical (unpaired) electrons. The smallest absolute Gasteiger partial charge is 0.414 e. The van der Waals surface area contributed by atoms with Crippen molar-refractivity contribution in [2.24, 2.45) is 5.92 Å². The Bertz CT molecular complexity index is 1200. The molecule has 0 saturated heterocycles. The Hall–Kier alpha value is -3.35. The van der Waals surface area contributed by atoms with Gasteiger partial charge in [0.15, 0.2) is 0 Å². The molecule has 1 aliphatic heterocycles. The molecule has 7 heteroatoms. The number of ether oxygens (including phenoxy) is 1. The molecule has 5 rings (SSSR count). The maximum atomic E-state index is 12.5. The monoisotopic (exact) mass is 447 g/mol. The van der Waals surface area contributed by atoms with Crippen LogP contribution in [-0.2, 0) is 22.4 Å². The Morgan fingerprint density at radius 1 is 1.12 bits per heavy atom. The fourth-order valence-electron chi connectivity index (χ4n) is 5.55. The van der Waals surface area contributed by atoms with Crippen LogP contribution in [-0.4, -0.2) is 39.9 Å². The molecule has 2 aromatic carbocycles. The fourth-order valence-corrected chi connectivity index (χ4v) is 5.55. The zero-order valence-corrected chi connectivity index (χ0v) is 19.0. The predicted octanol–water partition coefficient (Wildman–Crippen LogP) is 4.96. The number of aromatic nitrogens is 2. The average Bonchev–Trinajstić information content (AvgIpc) is 3.43. The number of carbonyl (C=O) groups is 2. The van der Waals surface area contributed by atoms with Crippen LogP contribution in [0.4, 0.5) is 10.5 Å². The Kier molecular flexibility index (Phi) is 5.56. The van der Waals surface area contributed by atoms with Crippen molar-refractivity contribution in [3.05, 3.63) is 59.4 Å². The molecule has 1 aliphatic carbocycles. The molecule has 3 atom stereocenters. The molecule has 1 saturated carbocycles. The molecular weight excluding hydrogens is 418 g/mol. The zero-order chi connectivity index (χ0) is 23.1. The molecule has 33 heavy (non-hydrogen) atoms. The lowest BCUT2D eigenvalue weighted by molar-refractivity contribution is -0.141. The van der Waals surface area contributed by atoms with Crippen molar-refractivity contribution in [2.75, 3.05) is 12.0 Å². The Morgan fingerprint density at radius 2 is 1.91 bits per heavy atom. The molecule has 0 bridgehead atoms. The van der Waals surface area contributed by atoms with E-state index in [1.807, 2.05) is 37.3 Å². The van der Waals surface area contributed by atoms with Crippen molar-refractivity contribution in [1.29, 1.82) is 0 Å². The van der Waals surface area contributed by atoms with Gasteiger partial charge in [0.1, 0.15) is 5.82 Å². The Balaban J connectivity index is 1.65. The maximum absolute atomic E-state index is 12.5. The van der Waals surface area contributed by atoms with E-state index in [2.05, 4.69) is 16.7 Å². The second-order valence-electron chi connectivity index (χ2n) is 9.22. The van der Waals surface area contributed by atoms with Crippen LogP contribution in [0.1, 0.15) is 55.6 Å². The van der Waals surface area contributed by atoms with E-state index in [0.29, 0.717) is 19.3 Å². The SMILES string of the molecule is COC(=O)N1c2ccc3c(nc(Cc4ccccc4)n3C3CCC(C(=O)O)C3)c2CCC1C. The minimum absolute atomic E-state index is 0.0550. The van der Waals surface area contributed by atoms with Crippen molar-refractivity contribution in [1.82, 2.24) is 9.55 Å². The van der Waals surface area contributed by atoms with Crippen LogP contribution >= 0.6 is 0 Å². The van der Waals surface area contributed by atoms with E-state index in [4.69, 9.17) is 9.72 Å². The topological polar surface area (TPSA) is 84.7 Å². The first kappa shape index (κ1) is 21.5. The molecule has 3 aromatic rings. The maximum Gasteiger partial charge on any atom is 0.414 e. The van der Waals surface area contributed by atoms with Gasteiger partial charge >= 0.3 is 12.1 Å². The van der Waals surface area contributed by atoms with E-state index in [-0.39, 0.29) is 24.1 Å². The highest BCUT2D eigenvalue weighted by Gasteiger charge is 2.35. The number of benzene rings is 2. The Morgan fingerprint density at radius 3 is 2.61 bits per heavy atom. The lowest BCUT2D eigenvalue weighted by Crippen LogP contribution is -2.42. The first-order valence-corrected chi connectivity index (χ1v) is 11.6. The molecule has 3 unspecified atom stereocenters. The number of methoxy groups -OCH3 is 1. The van der Waals surface area contributed by atoms with Gasteiger partial charge in [-0.1, -0.05) is 30.3 Å². The highest BCUT2D eigenvalue weighted by molar-refractivity contribution is 5.95.